The highest BCUT2D eigenvalue weighted by atomic mass is 32.2. The van der Waals surface area contributed by atoms with Crippen molar-refractivity contribution < 1.29 is 22.8 Å². The molecule has 3 amide bonds. The fourth-order valence-electron chi connectivity index (χ4n) is 3.50. The van der Waals surface area contributed by atoms with Gasteiger partial charge in [-0.1, -0.05) is 18.2 Å². The maximum Gasteiger partial charge on any atom is 0.233 e. The predicted octanol–water partition coefficient (Wildman–Crippen LogP) is 1.36. The number of allylic oxidation sites excluding steroid dienone is 2. The average Bonchev–Trinajstić information content (AvgIpc) is 2.90. The summed E-state index contributed by atoms with van der Waals surface area (Å²) >= 11 is 0. The van der Waals surface area contributed by atoms with Gasteiger partial charge in [-0.05, 0) is 31.0 Å². The largest absolute Gasteiger partial charge is 0.326 e. The van der Waals surface area contributed by atoms with Crippen molar-refractivity contribution in [1.29, 1.82) is 0 Å². The third-order valence-electron chi connectivity index (χ3n) is 5.15. The van der Waals surface area contributed by atoms with E-state index >= 15 is 0 Å². The number of likely N-dealkylation sites (tertiary alicyclic amines) is 1. The van der Waals surface area contributed by atoms with Crippen molar-refractivity contribution in [2.24, 2.45) is 11.8 Å². The van der Waals surface area contributed by atoms with Gasteiger partial charge in [-0.3, -0.25) is 23.6 Å². The number of carbonyl (C=O) groups is 3. The van der Waals surface area contributed by atoms with Crippen molar-refractivity contribution in [2.45, 2.75) is 19.3 Å². The monoisotopic (exact) mass is 405 g/mol. The molecule has 0 bridgehead atoms. The molecule has 1 fully saturated rings. The smallest absolute Gasteiger partial charge is 0.233 e. The van der Waals surface area contributed by atoms with Crippen LogP contribution in [0.1, 0.15) is 19.3 Å². The normalized spacial score (nSPS) is 21.6. The van der Waals surface area contributed by atoms with Gasteiger partial charge >= 0.3 is 0 Å². The zero-order chi connectivity index (χ0) is 20.5. The molecule has 150 valence electrons. The molecule has 1 aromatic rings. The van der Waals surface area contributed by atoms with E-state index in [1.165, 1.54) is 11.9 Å². The fourth-order valence-corrected chi connectivity index (χ4v) is 3.99. The number of imide groups is 1. The van der Waals surface area contributed by atoms with Gasteiger partial charge in [0.1, 0.15) is 0 Å². The number of benzene rings is 1. The molecule has 9 heteroatoms. The Bertz CT molecular complexity index is 915. The van der Waals surface area contributed by atoms with Gasteiger partial charge in [0.05, 0.1) is 23.8 Å². The van der Waals surface area contributed by atoms with Crippen molar-refractivity contribution in [3.63, 3.8) is 0 Å². The number of amides is 3. The molecular weight excluding hydrogens is 382 g/mol. The van der Waals surface area contributed by atoms with Crippen LogP contribution in [0.4, 0.5) is 11.4 Å². The third kappa shape index (κ3) is 4.09. The van der Waals surface area contributed by atoms with Crippen molar-refractivity contribution in [1.82, 2.24) is 4.90 Å². The van der Waals surface area contributed by atoms with Gasteiger partial charge in [-0.15, -0.1) is 0 Å². The maximum absolute atomic E-state index is 12.4. The average molecular weight is 405 g/mol. The van der Waals surface area contributed by atoms with Crippen molar-refractivity contribution in [3.8, 4) is 0 Å². The van der Waals surface area contributed by atoms with E-state index in [0.29, 0.717) is 24.2 Å². The number of hydrogen-bond donors (Lipinski definition) is 1. The van der Waals surface area contributed by atoms with Crippen LogP contribution in [0.5, 0.6) is 0 Å². The summed E-state index contributed by atoms with van der Waals surface area (Å²) in [6, 6.07) is 6.45. The second-order valence-electron chi connectivity index (χ2n) is 7.06. The molecule has 1 aliphatic heterocycles. The first kappa shape index (κ1) is 20.1. The summed E-state index contributed by atoms with van der Waals surface area (Å²) < 4.78 is 24.4. The zero-order valence-electron chi connectivity index (χ0n) is 15.8. The number of fused-ring (bicyclic) bond motifs is 1. The van der Waals surface area contributed by atoms with Crippen LogP contribution in [0.15, 0.2) is 36.4 Å². The van der Waals surface area contributed by atoms with Crippen LogP contribution in [0.25, 0.3) is 0 Å². The fraction of sp³-hybridized carbons (Fsp3) is 0.421. The van der Waals surface area contributed by atoms with E-state index in [4.69, 9.17) is 0 Å². The molecule has 1 heterocycles. The van der Waals surface area contributed by atoms with E-state index in [2.05, 4.69) is 5.32 Å². The highest BCUT2D eigenvalue weighted by molar-refractivity contribution is 7.92. The van der Waals surface area contributed by atoms with E-state index in [1.807, 2.05) is 12.2 Å². The highest BCUT2D eigenvalue weighted by Crippen LogP contribution is 2.35. The van der Waals surface area contributed by atoms with Gasteiger partial charge in [-0.25, -0.2) is 8.42 Å². The number of nitrogens with one attached hydrogen (secondary N) is 1. The van der Waals surface area contributed by atoms with Crippen LogP contribution >= 0.6 is 0 Å². The number of carbonyl (C=O) groups excluding carboxylic acids is 3. The lowest BCUT2D eigenvalue weighted by atomic mass is 9.85. The highest BCUT2D eigenvalue weighted by Gasteiger charge is 2.46. The minimum absolute atomic E-state index is 0.0174. The van der Waals surface area contributed by atoms with Gasteiger partial charge < -0.3 is 5.32 Å². The lowest BCUT2D eigenvalue weighted by Crippen LogP contribution is -2.34. The van der Waals surface area contributed by atoms with Gasteiger partial charge in [0.15, 0.2) is 0 Å². The Morgan fingerprint density at radius 1 is 1.18 bits per heavy atom. The number of anilines is 2. The van der Waals surface area contributed by atoms with Gasteiger partial charge in [0, 0.05) is 25.7 Å². The van der Waals surface area contributed by atoms with Gasteiger partial charge in [-0.2, -0.15) is 0 Å². The molecule has 3 rings (SSSR count). The molecule has 2 atom stereocenters. The molecule has 0 unspecified atom stereocenters. The minimum Gasteiger partial charge on any atom is -0.326 e. The molecule has 8 nitrogen and oxygen atoms in total. The van der Waals surface area contributed by atoms with E-state index in [9.17, 15) is 22.8 Å². The van der Waals surface area contributed by atoms with Crippen LogP contribution in [0, 0.1) is 11.8 Å². The quantitative estimate of drug-likeness (QED) is 0.569. The summed E-state index contributed by atoms with van der Waals surface area (Å²) in [6.07, 6.45) is 6.05. The second kappa shape index (κ2) is 7.75. The van der Waals surface area contributed by atoms with Crippen molar-refractivity contribution in [2.75, 3.05) is 29.5 Å². The van der Waals surface area contributed by atoms with Crippen molar-refractivity contribution >= 4 is 39.1 Å². The molecule has 0 aromatic heterocycles. The number of hydrogen-bond acceptors (Lipinski definition) is 5. The molecule has 0 radical (unpaired) electrons. The maximum atomic E-state index is 12.4. The molecule has 0 spiro atoms. The Balaban J connectivity index is 1.59. The molecule has 28 heavy (non-hydrogen) atoms. The molecule has 1 N–H and O–H groups in total. The van der Waals surface area contributed by atoms with Crippen LogP contribution in [-0.2, 0) is 24.4 Å². The van der Waals surface area contributed by atoms with Crippen LogP contribution < -0.4 is 9.62 Å². The molecule has 1 saturated heterocycles. The Hall–Kier alpha value is -2.68. The Morgan fingerprint density at radius 3 is 2.36 bits per heavy atom. The molecule has 1 aromatic carbocycles. The van der Waals surface area contributed by atoms with E-state index < -0.39 is 10.0 Å². The lowest BCUT2D eigenvalue weighted by molar-refractivity contribution is -0.140. The Kier molecular flexibility index (Phi) is 5.55. The first-order chi connectivity index (χ1) is 13.2. The summed E-state index contributed by atoms with van der Waals surface area (Å²) in [4.78, 5) is 38.3. The molecule has 1 aliphatic carbocycles. The van der Waals surface area contributed by atoms with Gasteiger partial charge in [0.2, 0.25) is 27.7 Å². The minimum atomic E-state index is -3.41. The number of nitrogens with zero attached hydrogens (tertiary/aromatic N) is 2. The van der Waals surface area contributed by atoms with Crippen LogP contribution in [-0.4, -0.2) is 50.9 Å². The topological polar surface area (TPSA) is 104 Å². The SMILES string of the molecule is CN(c1cccc(NC(=O)CCN2C(=O)[C@H]3CC=CC[C@H]3C2=O)c1)S(C)(=O)=O. The third-order valence-corrected chi connectivity index (χ3v) is 6.36. The molecular formula is C19H23N3O5S. The lowest BCUT2D eigenvalue weighted by Gasteiger charge is -2.18. The summed E-state index contributed by atoms with van der Waals surface area (Å²) in [7, 11) is -1.99. The summed E-state index contributed by atoms with van der Waals surface area (Å²) in [5.41, 5.74) is 0.858. The standard InChI is InChI=1S/C19H23N3O5S/c1-21(28(2,26)27)14-7-5-6-13(12-14)20-17(23)10-11-22-18(24)15-8-3-4-9-16(15)19(22)25/h3-7,12,15-16H,8-11H2,1-2H3,(H,20,23)/t15-,16+. The number of sulfonamides is 1. The summed E-state index contributed by atoms with van der Waals surface area (Å²) in [6.45, 7) is 0.0411. The Morgan fingerprint density at radius 2 is 1.79 bits per heavy atom. The van der Waals surface area contributed by atoms with E-state index in [-0.39, 0.29) is 42.5 Å². The van der Waals surface area contributed by atoms with Crippen molar-refractivity contribution in [3.05, 3.63) is 36.4 Å². The first-order valence-corrected chi connectivity index (χ1v) is 10.9. The summed E-state index contributed by atoms with van der Waals surface area (Å²) in [5.74, 6) is -1.37. The molecule has 0 saturated carbocycles. The molecule has 2 aliphatic rings. The summed E-state index contributed by atoms with van der Waals surface area (Å²) in [5, 5.41) is 2.68. The number of rotatable bonds is 6. The van der Waals surface area contributed by atoms with Crippen LogP contribution in [0.3, 0.4) is 0 Å². The van der Waals surface area contributed by atoms with Crippen LogP contribution in [0.2, 0.25) is 0 Å². The van der Waals surface area contributed by atoms with E-state index in [0.717, 1.165) is 10.6 Å². The second-order valence-corrected chi connectivity index (χ2v) is 9.08. The van der Waals surface area contributed by atoms with E-state index in [1.54, 1.807) is 24.3 Å². The zero-order valence-corrected chi connectivity index (χ0v) is 16.6. The Labute approximate surface area is 164 Å². The van der Waals surface area contributed by atoms with Gasteiger partial charge in [0.25, 0.3) is 0 Å². The first-order valence-electron chi connectivity index (χ1n) is 9.02. The predicted molar refractivity (Wildman–Crippen MR) is 105 cm³/mol.